The Hall–Kier alpha value is -6.66. The number of aromatic nitrogens is 4. The highest BCUT2D eigenvalue weighted by Gasteiger charge is 2.75. The van der Waals surface area contributed by atoms with E-state index in [-0.39, 0.29) is 0 Å². The molecule has 0 bridgehead atoms. The summed E-state index contributed by atoms with van der Waals surface area (Å²) in [5.41, 5.74) is 17.7. The van der Waals surface area contributed by atoms with E-state index < -0.39 is 5.66 Å². The molecule has 6 heteroatoms. The molecule has 6 nitrogen and oxygen atoms in total. The van der Waals surface area contributed by atoms with Gasteiger partial charge in [-0.1, -0.05) is 91.0 Å². The van der Waals surface area contributed by atoms with Gasteiger partial charge in [0.25, 0.3) is 0 Å². The van der Waals surface area contributed by atoms with Crippen molar-refractivity contribution in [1.82, 2.24) is 9.36 Å². The third-order valence-electron chi connectivity index (χ3n) is 12.1. The van der Waals surface area contributed by atoms with Crippen LogP contribution in [0.4, 0.5) is 0 Å². The van der Waals surface area contributed by atoms with E-state index in [1.54, 1.807) is 0 Å². The highest BCUT2D eigenvalue weighted by Crippen LogP contribution is 2.56. The van der Waals surface area contributed by atoms with E-state index in [9.17, 15) is 0 Å². The normalized spacial score (nSPS) is 15.8. The van der Waals surface area contributed by atoms with Crippen LogP contribution in [0.15, 0.2) is 138 Å². The van der Waals surface area contributed by atoms with Gasteiger partial charge in [-0.15, -0.1) is 9.36 Å². The molecule has 3 aliphatic rings. The van der Waals surface area contributed by atoms with Crippen LogP contribution in [-0.4, -0.2) is 9.36 Å². The van der Waals surface area contributed by atoms with Gasteiger partial charge in [0, 0.05) is 24.6 Å². The lowest BCUT2D eigenvalue weighted by molar-refractivity contribution is -1.02. The third kappa shape index (κ3) is 3.35. The first kappa shape index (κ1) is 29.0. The van der Waals surface area contributed by atoms with Crippen molar-refractivity contribution < 1.29 is 18.5 Å². The molecule has 0 radical (unpaired) electrons. The molecule has 1 spiro atoms. The van der Waals surface area contributed by atoms with Crippen molar-refractivity contribution in [1.29, 1.82) is 0 Å². The number of nitrogens with zero attached hydrogens (tertiary/aromatic N) is 4. The molecule has 3 aromatic heterocycles. The summed E-state index contributed by atoms with van der Waals surface area (Å²) in [5.74, 6) is 1.78. The number of rotatable bonds is 3. The van der Waals surface area contributed by atoms with Gasteiger partial charge in [-0.25, -0.2) is 0 Å². The van der Waals surface area contributed by atoms with Crippen molar-refractivity contribution in [2.75, 3.05) is 0 Å². The number of para-hydroxylation sites is 1. The zero-order chi connectivity index (χ0) is 35.3. The minimum absolute atomic E-state index is 0.719. The number of hydrogen-bond donors (Lipinski definition) is 0. The van der Waals surface area contributed by atoms with Crippen LogP contribution in [0.25, 0.3) is 66.7 Å². The molecule has 6 aromatic carbocycles. The Bertz CT molecular complexity index is 3070. The second-order valence-electron chi connectivity index (χ2n) is 14.7. The first-order valence-corrected chi connectivity index (χ1v) is 18.3. The predicted octanol–water partition coefficient (Wildman–Crippen LogP) is 10.0. The monoisotopic (exact) mass is 686 g/mol. The number of furan rings is 1. The maximum Gasteiger partial charge on any atom is 0.469 e. The molecule has 0 aliphatic carbocycles. The van der Waals surface area contributed by atoms with E-state index in [0.717, 1.165) is 50.4 Å². The lowest BCUT2D eigenvalue weighted by Crippen LogP contribution is -2.76. The summed E-state index contributed by atoms with van der Waals surface area (Å²) in [5, 5.41) is 2.28. The highest BCUT2D eigenvalue weighted by molar-refractivity contribution is 6.06. The maximum absolute atomic E-state index is 6.81. The Kier molecular flexibility index (Phi) is 5.36. The molecule has 6 heterocycles. The van der Waals surface area contributed by atoms with E-state index in [2.05, 4.69) is 168 Å². The van der Waals surface area contributed by atoms with Crippen molar-refractivity contribution in [2.24, 2.45) is 0 Å². The smallest absolute Gasteiger partial charge is 0.456 e. The molecule has 0 fully saturated rings. The minimum Gasteiger partial charge on any atom is -0.456 e. The number of benzene rings is 6. The first-order chi connectivity index (χ1) is 26.0. The van der Waals surface area contributed by atoms with Crippen LogP contribution < -0.4 is 14.1 Å². The van der Waals surface area contributed by atoms with Crippen molar-refractivity contribution >= 4 is 21.9 Å². The van der Waals surface area contributed by atoms with Gasteiger partial charge in [-0.3, -0.25) is 0 Å². The van der Waals surface area contributed by atoms with Crippen LogP contribution in [0.1, 0.15) is 33.9 Å². The Morgan fingerprint density at radius 1 is 0.472 bits per heavy atom. The average Bonchev–Trinajstić information content (AvgIpc) is 3.94. The second kappa shape index (κ2) is 9.81. The zero-order valence-electron chi connectivity index (χ0n) is 29.8. The molecule has 252 valence electrons. The fourth-order valence-electron chi connectivity index (χ4n) is 10.1. The molecule has 0 saturated carbocycles. The Labute approximate surface area is 305 Å². The fourth-order valence-corrected chi connectivity index (χ4v) is 10.1. The van der Waals surface area contributed by atoms with E-state index in [1.807, 2.05) is 12.1 Å². The lowest BCUT2D eigenvalue weighted by atomic mass is 9.86. The molecule has 0 amide bonds. The van der Waals surface area contributed by atoms with E-state index in [0.29, 0.717) is 0 Å². The molecular formula is C47H34N4O2+2. The van der Waals surface area contributed by atoms with Crippen LogP contribution in [0, 0.1) is 27.7 Å². The molecule has 1 unspecified atom stereocenters. The molecule has 0 saturated heterocycles. The quantitative estimate of drug-likeness (QED) is 0.174. The van der Waals surface area contributed by atoms with Crippen LogP contribution in [-0.2, 0) is 5.66 Å². The van der Waals surface area contributed by atoms with Crippen LogP contribution in [0.5, 0.6) is 11.5 Å². The molecule has 53 heavy (non-hydrogen) atoms. The van der Waals surface area contributed by atoms with Gasteiger partial charge in [0.1, 0.15) is 34.0 Å². The topological polar surface area (TPSA) is 40.0 Å². The van der Waals surface area contributed by atoms with Gasteiger partial charge < -0.3 is 9.15 Å². The Morgan fingerprint density at radius 2 is 1.00 bits per heavy atom. The SMILES string of the molecule is Cc1c(-c2ccc(-c3ccccc3)cc2)c(C)[n+]2n1-c1cccc3c1C21c2c(cccc2-n2c(C)c(-c4ccc5c(c4)oc4ccccc45)c(C)[n+]21)O3. The largest absolute Gasteiger partial charge is 0.469 e. The number of fused-ring (bicyclic) bond motifs is 7. The van der Waals surface area contributed by atoms with Crippen LogP contribution in [0.2, 0.25) is 0 Å². The van der Waals surface area contributed by atoms with Crippen LogP contribution in [0.3, 0.4) is 0 Å². The first-order valence-electron chi connectivity index (χ1n) is 18.3. The van der Waals surface area contributed by atoms with Gasteiger partial charge in [0.2, 0.25) is 11.4 Å². The summed E-state index contributed by atoms with van der Waals surface area (Å²) in [4.78, 5) is 0. The summed E-state index contributed by atoms with van der Waals surface area (Å²) >= 11 is 0. The number of ether oxygens (including phenoxy) is 1. The maximum atomic E-state index is 6.81. The van der Waals surface area contributed by atoms with Gasteiger partial charge in [0.05, 0.1) is 22.5 Å². The molecule has 0 N–H and O–H groups in total. The van der Waals surface area contributed by atoms with Crippen LogP contribution >= 0.6 is 0 Å². The van der Waals surface area contributed by atoms with Crippen molar-refractivity contribution in [2.45, 2.75) is 33.4 Å². The molecule has 12 rings (SSSR count). The summed E-state index contributed by atoms with van der Waals surface area (Å²) in [7, 11) is 0. The van der Waals surface area contributed by atoms with Crippen molar-refractivity contribution in [3.05, 3.63) is 167 Å². The molecule has 3 aliphatic heterocycles. The summed E-state index contributed by atoms with van der Waals surface area (Å²) in [6, 6.07) is 47.6. The minimum atomic E-state index is -0.719. The molecule has 1 atom stereocenters. The Balaban J connectivity index is 1.14. The van der Waals surface area contributed by atoms with E-state index >= 15 is 0 Å². The van der Waals surface area contributed by atoms with Gasteiger partial charge in [-0.05, 0) is 87.9 Å². The van der Waals surface area contributed by atoms with Crippen molar-refractivity contribution in [3.63, 3.8) is 0 Å². The standard InChI is InChI=1S/C47H34N4O2/c1-27-43(33-22-20-32(21-23-33)31-12-6-5-7-13-31)29(3)50-47-45-37(48(27)50)15-10-18-40(45)53-41-19-11-16-38(46(41)47)49-28(2)44(30(4)51(47)49)34-24-25-36-35-14-8-9-17-39(35)52-42(36)26-34/h5-26H,1-4H3/q+2. The summed E-state index contributed by atoms with van der Waals surface area (Å²) in [6.45, 7) is 9.07. The van der Waals surface area contributed by atoms with Crippen molar-refractivity contribution in [3.8, 4) is 56.3 Å². The highest BCUT2D eigenvalue weighted by atomic mass is 16.5. The lowest BCUT2D eigenvalue weighted by Gasteiger charge is -2.23. The second-order valence-corrected chi connectivity index (χ2v) is 14.7. The third-order valence-corrected chi connectivity index (χ3v) is 12.1. The predicted molar refractivity (Wildman–Crippen MR) is 206 cm³/mol. The average molecular weight is 687 g/mol. The van der Waals surface area contributed by atoms with Gasteiger partial charge >= 0.3 is 5.66 Å². The molecular weight excluding hydrogens is 653 g/mol. The zero-order valence-corrected chi connectivity index (χ0v) is 29.8. The van der Waals surface area contributed by atoms with E-state index in [1.165, 1.54) is 61.7 Å². The van der Waals surface area contributed by atoms with Gasteiger partial charge in [0.15, 0.2) is 11.1 Å². The summed E-state index contributed by atoms with van der Waals surface area (Å²) < 4.78 is 23.2. The number of hydrogen-bond acceptors (Lipinski definition) is 2. The van der Waals surface area contributed by atoms with Gasteiger partial charge in [-0.2, -0.15) is 0 Å². The fraction of sp³-hybridized carbons (Fsp3) is 0.106. The Morgan fingerprint density at radius 3 is 1.66 bits per heavy atom. The summed E-state index contributed by atoms with van der Waals surface area (Å²) in [6.07, 6.45) is 0. The van der Waals surface area contributed by atoms with E-state index in [4.69, 9.17) is 9.15 Å². The molecule has 9 aromatic rings.